The van der Waals surface area contributed by atoms with E-state index in [2.05, 4.69) is 16.7 Å². The molecule has 0 spiro atoms. The van der Waals surface area contributed by atoms with Gasteiger partial charge in [0, 0.05) is 25.6 Å². The lowest BCUT2D eigenvalue weighted by Crippen LogP contribution is -2.50. The molecule has 1 aromatic carbocycles. The number of fused-ring (bicyclic) bond motifs is 1. The van der Waals surface area contributed by atoms with Gasteiger partial charge in [-0.05, 0) is 24.5 Å². The van der Waals surface area contributed by atoms with Gasteiger partial charge in [0.25, 0.3) is 0 Å². The second-order valence-electron chi connectivity index (χ2n) is 6.42. The van der Waals surface area contributed by atoms with Crippen LogP contribution in [0.3, 0.4) is 0 Å². The molecule has 7 nitrogen and oxygen atoms in total. The Balaban J connectivity index is 1.35. The summed E-state index contributed by atoms with van der Waals surface area (Å²) in [5, 5.41) is 5.88. The zero-order valence-corrected chi connectivity index (χ0v) is 13.7. The summed E-state index contributed by atoms with van der Waals surface area (Å²) in [4.78, 5) is 25.0. The van der Waals surface area contributed by atoms with Crippen molar-refractivity contribution in [1.82, 2.24) is 15.5 Å². The van der Waals surface area contributed by atoms with Crippen LogP contribution >= 0.6 is 0 Å². The number of likely N-dealkylation sites (tertiary alicyclic amines) is 1. The Hall–Kier alpha value is -2.28. The van der Waals surface area contributed by atoms with Crippen molar-refractivity contribution < 1.29 is 14.3 Å². The predicted octanol–water partition coefficient (Wildman–Crippen LogP) is 0.239. The Morgan fingerprint density at radius 3 is 2.71 bits per heavy atom. The molecule has 1 saturated heterocycles. The molecule has 7 heteroatoms. The molecular formula is C17H24N4O3. The van der Waals surface area contributed by atoms with Gasteiger partial charge in [0.05, 0.1) is 13.1 Å². The monoisotopic (exact) mass is 332 g/mol. The van der Waals surface area contributed by atoms with Crippen LogP contribution in [0, 0.1) is 0 Å². The lowest BCUT2D eigenvalue weighted by molar-refractivity contribution is -0.119. The number of ether oxygens (including phenoxy) is 1. The molecule has 0 aromatic heterocycles. The molecule has 0 radical (unpaired) electrons. The quantitative estimate of drug-likeness (QED) is 0.719. The zero-order valence-electron chi connectivity index (χ0n) is 13.7. The predicted molar refractivity (Wildman–Crippen MR) is 89.8 cm³/mol. The molecule has 3 amide bonds. The third-order valence-electron chi connectivity index (χ3n) is 4.51. The van der Waals surface area contributed by atoms with Crippen molar-refractivity contribution in [1.29, 1.82) is 0 Å². The molecule has 0 aliphatic carbocycles. The summed E-state index contributed by atoms with van der Waals surface area (Å²) in [6.07, 6.45) is 2.46. The zero-order chi connectivity index (χ0) is 16.9. The molecule has 24 heavy (non-hydrogen) atoms. The van der Waals surface area contributed by atoms with Crippen molar-refractivity contribution in [3.05, 3.63) is 29.8 Å². The summed E-state index contributed by atoms with van der Waals surface area (Å²) in [7, 11) is 0. The van der Waals surface area contributed by atoms with E-state index in [1.54, 1.807) is 0 Å². The highest BCUT2D eigenvalue weighted by Gasteiger charge is 2.24. The number of nitrogens with zero attached hydrogens (tertiary/aromatic N) is 1. The summed E-state index contributed by atoms with van der Waals surface area (Å²) in [6.45, 7) is 2.32. The van der Waals surface area contributed by atoms with Crippen LogP contribution in [0.2, 0.25) is 0 Å². The SMILES string of the molecule is NC(=O)CN1CCC(NC(=O)NC[C@H]2Cc3ccccc3O2)CC1. The Kier molecular flexibility index (Phi) is 5.20. The average molecular weight is 332 g/mol. The van der Waals surface area contributed by atoms with E-state index < -0.39 is 0 Å². The van der Waals surface area contributed by atoms with E-state index in [1.807, 2.05) is 23.1 Å². The normalized spacial score (nSPS) is 20.9. The Labute approximate surface area is 141 Å². The van der Waals surface area contributed by atoms with Gasteiger partial charge >= 0.3 is 6.03 Å². The fourth-order valence-electron chi connectivity index (χ4n) is 3.27. The molecule has 0 saturated carbocycles. The number of rotatable bonds is 5. The standard InChI is InChI=1S/C17H24N4O3/c18-16(22)11-21-7-5-13(6-8-21)20-17(23)19-10-14-9-12-3-1-2-4-15(12)24-14/h1-4,13-14H,5-11H2,(H2,18,22)(H2,19,20,23)/t14-/m1/s1. The van der Waals surface area contributed by atoms with Crippen LogP contribution in [-0.2, 0) is 11.2 Å². The Morgan fingerprint density at radius 1 is 1.25 bits per heavy atom. The smallest absolute Gasteiger partial charge is 0.315 e. The molecule has 0 unspecified atom stereocenters. The second kappa shape index (κ2) is 7.53. The van der Waals surface area contributed by atoms with E-state index in [-0.39, 0.29) is 24.1 Å². The van der Waals surface area contributed by atoms with Crippen LogP contribution in [0.4, 0.5) is 4.79 Å². The number of amides is 3. The first-order chi connectivity index (χ1) is 11.6. The number of hydrogen-bond acceptors (Lipinski definition) is 4. The maximum absolute atomic E-state index is 12.0. The first-order valence-corrected chi connectivity index (χ1v) is 8.40. The van der Waals surface area contributed by atoms with Gasteiger partial charge in [0.2, 0.25) is 5.91 Å². The number of nitrogens with one attached hydrogen (secondary N) is 2. The molecule has 1 fully saturated rings. The average Bonchev–Trinajstić information content (AvgIpc) is 2.97. The number of para-hydroxylation sites is 1. The minimum absolute atomic E-state index is 0.00874. The third kappa shape index (κ3) is 4.38. The maximum Gasteiger partial charge on any atom is 0.315 e. The van der Waals surface area contributed by atoms with Gasteiger partial charge in [0.15, 0.2) is 0 Å². The highest BCUT2D eigenvalue weighted by atomic mass is 16.5. The van der Waals surface area contributed by atoms with E-state index in [4.69, 9.17) is 10.5 Å². The number of benzene rings is 1. The van der Waals surface area contributed by atoms with Crippen LogP contribution in [0.25, 0.3) is 0 Å². The second-order valence-corrected chi connectivity index (χ2v) is 6.42. The van der Waals surface area contributed by atoms with Gasteiger partial charge < -0.3 is 21.1 Å². The summed E-state index contributed by atoms with van der Waals surface area (Å²) in [5.74, 6) is 0.600. The summed E-state index contributed by atoms with van der Waals surface area (Å²) < 4.78 is 5.81. The minimum atomic E-state index is -0.309. The lowest BCUT2D eigenvalue weighted by atomic mass is 10.1. The number of piperidine rings is 1. The molecule has 2 aliphatic rings. The fourth-order valence-corrected chi connectivity index (χ4v) is 3.27. The number of urea groups is 1. The highest BCUT2D eigenvalue weighted by molar-refractivity contribution is 5.76. The Morgan fingerprint density at radius 2 is 2.00 bits per heavy atom. The molecule has 1 atom stereocenters. The maximum atomic E-state index is 12.0. The number of carbonyl (C=O) groups is 2. The highest BCUT2D eigenvalue weighted by Crippen LogP contribution is 2.27. The largest absolute Gasteiger partial charge is 0.488 e. The van der Waals surface area contributed by atoms with Gasteiger partial charge in [-0.15, -0.1) is 0 Å². The van der Waals surface area contributed by atoms with Crippen molar-refractivity contribution in [2.24, 2.45) is 5.73 Å². The van der Waals surface area contributed by atoms with Gasteiger partial charge in [0.1, 0.15) is 11.9 Å². The van der Waals surface area contributed by atoms with Gasteiger partial charge in [-0.1, -0.05) is 18.2 Å². The summed E-state index contributed by atoms with van der Waals surface area (Å²) in [6, 6.07) is 7.92. The van der Waals surface area contributed by atoms with E-state index in [9.17, 15) is 9.59 Å². The van der Waals surface area contributed by atoms with E-state index in [1.165, 1.54) is 5.56 Å². The number of nitrogens with two attached hydrogens (primary N) is 1. The number of carbonyl (C=O) groups excluding carboxylic acids is 2. The van der Waals surface area contributed by atoms with Gasteiger partial charge in [-0.25, -0.2) is 4.79 Å². The van der Waals surface area contributed by atoms with Crippen molar-refractivity contribution in [2.45, 2.75) is 31.4 Å². The van der Waals surface area contributed by atoms with Crippen LogP contribution in [0.1, 0.15) is 18.4 Å². The molecular weight excluding hydrogens is 308 g/mol. The molecule has 130 valence electrons. The molecule has 4 N–H and O–H groups in total. The number of hydrogen-bond donors (Lipinski definition) is 3. The van der Waals surface area contributed by atoms with Crippen molar-refractivity contribution in [3.63, 3.8) is 0 Å². The van der Waals surface area contributed by atoms with E-state index in [0.29, 0.717) is 13.1 Å². The molecule has 3 rings (SSSR count). The van der Waals surface area contributed by atoms with Crippen molar-refractivity contribution in [2.75, 3.05) is 26.2 Å². The minimum Gasteiger partial charge on any atom is -0.488 e. The van der Waals surface area contributed by atoms with Crippen molar-refractivity contribution >= 4 is 11.9 Å². The summed E-state index contributed by atoms with van der Waals surface area (Å²) >= 11 is 0. The van der Waals surface area contributed by atoms with Crippen LogP contribution < -0.4 is 21.1 Å². The molecule has 0 bridgehead atoms. The Bertz CT molecular complexity index is 574. The van der Waals surface area contributed by atoms with E-state index in [0.717, 1.165) is 38.1 Å². The lowest BCUT2D eigenvalue weighted by Gasteiger charge is -2.31. The van der Waals surface area contributed by atoms with Crippen LogP contribution in [0.15, 0.2) is 24.3 Å². The fraction of sp³-hybridized carbons (Fsp3) is 0.529. The van der Waals surface area contributed by atoms with Crippen molar-refractivity contribution in [3.8, 4) is 5.75 Å². The van der Waals surface area contributed by atoms with Gasteiger partial charge in [-0.3, -0.25) is 9.69 Å². The van der Waals surface area contributed by atoms with E-state index >= 15 is 0 Å². The third-order valence-corrected chi connectivity index (χ3v) is 4.51. The van der Waals surface area contributed by atoms with Gasteiger partial charge in [-0.2, -0.15) is 0 Å². The molecule has 1 aromatic rings. The first-order valence-electron chi connectivity index (χ1n) is 8.40. The first kappa shape index (κ1) is 16.6. The molecule has 2 aliphatic heterocycles. The topological polar surface area (TPSA) is 96.7 Å². The van der Waals surface area contributed by atoms with Crippen LogP contribution in [-0.4, -0.2) is 55.2 Å². The summed E-state index contributed by atoms with van der Waals surface area (Å²) in [5.41, 5.74) is 6.38. The number of primary amides is 1. The van der Waals surface area contributed by atoms with Crippen LogP contribution in [0.5, 0.6) is 5.75 Å². The molecule has 2 heterocycles.